The predicted octanol–water partition coefficient (Wildman–Crippen LogP) is 3.09. The summed E-state index contributed by atoms with van der Waals surface area (Å²) in [5.41, 5.74) is -1.03. The Hall–Kier alpha value is -3.08. The number of halogens is 2. The number of carbonyl (C=O) groups is 2. The van der Waals surface area contributed by atoms with Crippen molar-refractivity contribution in [2.24, 2.45) is 5.92 Å². The Balaban J connectivity index is 1.10. The van der Waals surface area contributed by atoms with E-state index in [9.17, 15) is 18.4 Å². The fourth-order valence-electron chi connectivity index (χ4n) is 6.72. The number of aromatic nitrogens is 3. The van der Waals surface area contributed by atoms with Crippen LogP contribution in [-0.4, -0.2) is 86.3 Å². The van der Waals surface area contributed by atoms with E-state index in [0.29, 0.717) is 44.2 Å². The van der Waals surface area contributed by atoms with Gasteiger partial charge in [0.05, 0.1) is 24.5 Å². The molecule has 3 aliphatic heterocycles. The molecule has 204 valence electrons. The van der Waals surface area contributed by atoms with Crippen molar-refractivity contribution in [2.75, 3.05) is 26.7 Å². The number of nitrogens with one attached hydrogen (secondary N) is 2. The SMILES string of the molecule is COc1cc(-c2cc(C(=O)N3CC[C@H](C(=O)NC45CC(C4)N(CC(C)(C)F)C5)CC34CC4)n[nH]2)c(F)cn1. The summed E-state index contributed by atoms with van der Waals surface area (Å²) in [6, 6.07) is 3.35. The lowest BCUT2D eigenvalue weighted by atomic mass is 9.77. The summed E-state index contributed by atoms with van der Waals surface area (Å²) in [6.45, 7) is 4.74. The van der Waals surface area contributed by atoms with Crippen LogP contribution in [0, 0.1) is 11.7 Å². The summed E-state index contributed by atoms with van der Waals surface area (Å²) in [4.78, 5) is 34.6. The molecule has 11 heteroatoms. The number of ether oxygens (including phenoxy) is 1. The van der Waals surface area contributed by atoms with Crippen LogP contribution in [-0.2, 0) is 4.79 Å². The maximum atomic E-state index is 14.4. The zero-order valence-electron chi connectivity index (χ0n) is 22.0. The number of H-pyrrole nitrogens is 1. The van der Waals surface area contributed by atoms with E-state index in [1.165, 1.54) is 13.2 Å². The lowest BCUT2D eigenvalue weighted by Gasteiger charge is -2.42. The van der Waals surface area contributed by atoms with Gasteiger partial charge in [-0.15, -0.1) is 0 Å². The van der Waals surface area contributed by atoms with Crippen LogP contribution in [0.3, 0.4) is 0 Å². The van der Waals surface area contributed by atoms with E-state index in [1.54, 1.807) is 19.9 Å². The summed E-state index contributed by atoms with van der Waals surface area (Å²) < 4.78 is 33.6. The predicted molar refractivity (Wildman–Crippen MR) is 135 cm³/mol. The first-order valence-corrected chi connectivity index (χ1v) is 13.3. The lowest BCUT2D eigenvalue weighted by molar-refractivity contribution is -0.129. The highest BCUT2D eigenvalue weighted by Gasteiger charge is 2.58. The smallest absolute Gasteiger partial charge is 0.274 e. The van der Waals surface area contributed by atoms with Gasteiger partial charge in [0, 0.05) is 48.8 Å². The number of likely N-dealkylation sites (tertiary alicyclic amines) is 1. The number of fused-ring (bicyclic) bond motifs is 1. The van der Waals surface area contributed by atoms with Crippen molar-refractivity contribution in [3.63, 3.8) is 0 Å². The van der Waals surface area contributed by atoms with Crippen molar-refractivity contribution in [3.8, 4) is 17.1 Å². The topological polar surface area (TPSA) is 103 Å². The number of rotatable bonds is 7. The summed E-state index contributed by atoms with van der Waals surface area (Å²) in [7, 11) is 1.45. The molecule has 1 spiro atoms. The molecule has 2 aliphatic carbocycles. The molecule has 2 saturated carbocycles. The first kappa shape index (κ1) is 25.2. The van der Waals surface area contributed by atoms with Gasteiger partial charge in [0.25, 0.3) is 5.91 Å². The Kier molecular flexibility index (Phi) is 5.79. The van der Waals surface area contributed by atoms with Crippen molar-refractivity contribution in [1.29, 1.82) is 0 Å². The summed E-state index contributed by atoms with van der Waals surface area (Å²) in [6.07, 6.45) is 5.72. The average molecular weight is 529 g/mol. The van der Waals surface area contributed by atoms with Gasteiger partial charge in [-0.25, -0.2) is 13.8 Å². The van der Waals surface area contributed by atoms with Gasteiger partial charge < -0.3 is 15.0 Å². The molecule has 9 nitrogen and oxygen atoms in total. The second-order valence-corrected chi connectivity index (χ2v) is 12.2. The summed E-state index contributed by atoms with van der Waals surface area (Å²) >= 11 is 0. The normalized spacial score (nSPS) is 27.8. The van der Waals surface area contributed by atoms with Crippen LogP contribution >= 0.6 is 0 Å². The number of carbonyl (C=O) groups excluding carboxylic acids is 2. The fraction of sp³-hybridized carbons (Fsp3) is 0.630. The van der Waals surface area contributed by atoms with Crippen molar-refractivity contribution >= 4 is 11.8 Å². The molecular weight excluding hydrogens is 494 g/mol. The minimum atomic E-state index is -1.26. The van der Waals surface area contributed by atoms with E-state index in [0.717, 1.165) is 31.9 Å². The number of hydrogen-bond donors (Lipinski definition) is 2. The van der Waals surface area contributed by atoms with E-state index in [1.807, 2.05) is 4.90 Å². The Morgan fingerprint density at radius 3 is 2.71 bits per heavy atom. The summed E-state index contributed by atoms with van der Waals surface area (Å²) in [5, 5.41) is 10.2. The molecule has 5 heterocycles. The Bertz CT molecular complexity index is 1260. The highest BCUT2D eigenvalue weighted by molar-refractivity contribution is 5.94. The molecule has 0 radical (unpaired) electrons. The number of methoxy groups -OCH3 is 1. The van der Waals surface area contributed by atoms with Gasteiger partial charge in [-0.1, -0.05) is 0 Å². The molecule has 2 N–H and O–H groups in total. The number of alkyl halides is 1. The zero-order chi connectivity index (χ0) is 26.9. The van der Waals surface area contributed by atoms with Crippen LogP contribution in [0.1, 0.15) is 62.9 Å². The maximum absolute atomic E-state index is 14.4. The highest BCUT2D eigenvalue weighted by atomic mass is 19.1. The molecule has 7 rings (SSSR count). The third kappa shape index (κ3) is 4.44. The van der Waals surface area contributed by atoms with E-state index in [4.69, 9.17) is 4.74 Å². The number of pyridine rings is 1. The van der Waals surface area contributed by atoms with Gasteiger partial charge in [-0.2, -0.15) is 5.10 Å². The van der Waals surface area contributed by atoms with E-state index in [2.05, 4.69) is 25.4 Å². The third-order valence-electron chi connectivity index (χ3n) is 8.71. The monoisotopic (exact) mass is 528 g/mol. The Labute approximate surface area is 220 Å². The molecule has 0 unspecified atom stereocenters. The molecule has 38 heavy (non-hydrogen) atoms. The number of aromatic amines is 1. The van der Waals surface area contributed by atoms with Gasteiger partial charge in [0.2, 0.25) is 11.8 Å². The van der Waals surface area contributed by atoms with Gasteiger partial charge in [0.1, 0.15) is 5.67 Å². The molecule has 2 amide bonds. The van der Waals surface area contributed by atoms with Crippen molar-refractivity contribution in [1.82, 2.24) is 30.3 Å². The van der Waals surface area contributed by atoms with Crippen LogP contribution in [0.2, 0.25) is 0 Å². The van der Waals surface area contributed by atoms with Crippen molar-refractivity contribution in [2.45, 2.75) is 75.2 Å². The highest BCUT2D eigenvalue weighted by Crippen LogP contribution is 2.51. The number of hydrogen-bond acceptors (Lipinski definition) is 6. The second-order valence-electron chi connectivity index (χ2n) is 12.2. The van der Waals surface area contributed by atoms with Crippen molar-refractivity contribution < 1.29 is 23.1 Å². The Morgan fingerprint density at radius 2 is 2.03 bits per heavy atom. The Morgan fingerprint density at radius 1 is 1.26 bits per heavy atom. The molecule has 5 aliphatic rings. The molecule has 3 saturated heterocycles. The van der Waals surface area contributed by atoms with Crippen LogP contribution in [0.25, 0.3) is 11.3 Å². The minimum Gasteiger partial charge on any atom is -0.481 e. The van der Waals surface area contributed by atoms with Gasteiger partial charge in [0.15, 0.2) is 11.5 Å². The maximum Gasteiger partial charge on any atom is 0.274 e. The lowest BCUT2D eigenvalue weighted by Crippen LogP contribution is -2.58. The molecule has 0 aromatic carbocycles. The number of nitrogens with zero attached hydrogens (tertiary/aromatic N) is 4. The fourth-order valence-corrected chi connectivity index (χ4v) is 6.72. The molecule has 2 bridgehead atoms. The van der Waals surface area contributed by atoms with Gasteiger partial charge in [-0.05, 0) is 58.4 Å². The van der Waals surface area contributed by atoms with E-state index >= 15 is 0 Å². The van der Waals surface area contributed by atoms with Crippen LogP contribution < -0.4 is 10.1 Å². The van der Waals surface area contributed by atoms with E-state index < -0.39 is 11.5 Å². The van der Waals surface area contributed by atoms with Crippen LogP contribution in [0.5, 0.6) is 5.88 Å². The van der Waals surface area contributed by atoms with Gasteiger partial charge >= 0.3 is 0 Å². The van der Waals surface area contributed by atoms with Crippen LogP contribution in [0.4, 0.5) is 8.78 Å². The number of piperidine rings is 1. The minimum absolute atomic E-state index is 0.0485. The molecule has 5 fully saturated rings. The van der Waals surface area contributed by atoms with Gasteiger partial charge in [-0.3, -0.25) is 19.6 Å². The summed E-state index contributed by atoms with van der Waals surface area (Å²) in [5.74, 6) is -0.613. The zero-order valence-corrected chi connectivity index (χ0v) is 22.0. The molecular formula is C27H34F2N6O3. The average Bonchev–Trinajstić information content (AvgIpc) is 3.17. The standard InChI is InChI=1S/C27H34F2N6O3/c1-25(2,29)14-34-15-26(11-17(34)12-26)31-23(36)16-4-7-35(27(10-16)5-6-27)24(37)21-9-20(32-33-21)18-8-22(38-3)30-13-19(18)28/h8-9,13,16-17H,4-7,10-12,14-15H2,1-3H3,(H,31,36)(H,32,33)/t16-,17?,26?/m0/s1. The molecule has 1 atom stereocenters. The largest absolute Gasteiger partial charge is 0.481 e. The molecule has 2 aromatic heterocycles. The third-order valence-corrected chi connectivity index (χ3v) is 8.71. The first-order valence-electron chi connectivity index (χ1n) is 13.3. The van der Waals surface area contributed by atoms with Crippen molar-refractivity contribution in [3.05, 3.63) is 29.8 Å². The molecule has 2 aromatic rings. The quantitative estimate of drug-likeness (QED) is 0.573. The van der Waals surface area contributed by atoms with Crippen LogP contribution in [0.15, 0.2) is 18.3 Å². The second kappa shape index (κ2) is 8.72. The first-order chi connectivity index (χ1) is 18.0. The van der Waals surface area contributed by atoms with E-state index in [-0.39, 0.29) is 45.9 Å². The number of amides is 2.